The molecule has 19 heavy (non-hydrogen) atoms. The number of aliphatic imine (C=N–C) groups is 1. The molecule has 1 saturated heterocycles. The topological polar surface area (TPSA) is 114 Å². The lowest BCUT2D eigenvalue weighted by atomic mass is 9.85. The van der Waals surface area contributed by atoms with E-state index in [1.807, 2.05) is 0 Å². The van der Waals surface area contributed by atoms with Gasteiger partial charge in [-0.15, -0.1) is 0 Å². The maximum absolute atomic E-state index is 12.0. The Kier molecular flexibility index (Phi) is 4.24. The van der Waals surface area contributed by atoms with Crippen LogP contribution in [0.2, 0.25) is 0 Å². The van der Waals surface area contributed by atoms with Crippen molar-refractivity contribution >= 4 is 18.3 Å². The Hall–Kier alpha value is -1.79. The van der Waals surface area contributed by atoms with E-state index in [0.717, 1.165) is 32.1 Å². The summed E-state index contributed by atoms with van der Waals surface area (Å²) in [7, 11) is 0. The highest BCUT2D eigenvalue weighted by atomic mass is 16.2. The second-order valence-corrected chi connectivity index (χ2v) is 5.32. The Morgan fingerprint density at radius 2 is 1.84 bits per heavy atom. The molecule has 2 aliphatic rings. The largest absolute Gasteiger partial charge is 0.370 e. The fourth-order valence-corrected chi connectivity index (χ4v) is 2.69. The van der Waals surface area contributed by atoms with Crippen LogP contribution in [0.15, 0.2) is 4.99 Å². The van der Waals surface area contributed by atoms with Crippen molar-refractivity contribution in [1.82, 2.24) is 10.2 Å². The van der Waals surface area contributed by atoms with Crippen LogP contribution in [0.4, 0.5) is 0 Å². The zero-order valence-corrected chi connectivity index (χ0v) is 10.9. The van der Waals surface area contributed by atoms with Gasteiger partial charge in [0.25, 0.3) is 0 Å². The zero-order valence-electron chi connectivity index (χ0n) is 10.9. The van der Waals surface area contributed by atoms with Gasteiger partial charge in [0.1, 0.15) is 0 Å². The highest BCUT2D eigenvalue weighted by Crippen LogP contribution is 2.26. The average Bonchev–Trinajstić information content (AvgIpc) is 2.33. The second-order valence-electron chi connectivity index (χ2n) is 5.32. The van der Waals surface area contributed by atoms with Gasteiger partial charge in [0.2, 0.25) is 12.3 Å². The Balaban J connectivity index is 1.71. The smallest absolute Gasteiger partial charge is 0.223 e. The molecule has 1 saturated carbocycles. The van der Waals surface area contributed by atoms with Gasteiger partial charge in [0.05, 0.1) is 12.1 Å². The molecule has 2 amide bonds. The van der Waals surface area contributed by atoms with Gasteiger partial charge in [-0.25, -0.2) is 0 Å². The molecule has 0 radical (unpaired) electrons. The number of rotatable bonds is 4. The SMILES string of the molecule is NC(N)=NC1CCC(C(=O)NC2CN(C=O)C2)CC1. The summed E-state index contributed by atoms with van der Waals surface area (Å²) in [5, 5.41) is 2.98. The van der Waals surface area contributed by atoms with Crippen molar-refractivity contribution in [3.63, 3.8) is 0 Å². The monoisotopic (exact) mass is 267 g/mol. The minimum absolute atomic E-state index is 0.0516. The second kappa shape index (κ2) is 5.90. The molecule has 0 bridgehead atoms. The van der Waals surface area contributed by atoms with Crippen molar-refractivity contribution in [3.05, 3.63) is 0 Å². The van der Waals surface area contributed by atoms with Crippen molar-refractivity contribution in [2.24, 2.45) is 22.4 Å². The average molecular weight is 267 g/mol. The lowest BCUT2D eigenvalue weighted by Gasteiger charge is -2.38. The van der Waals surface area contributed by atoms with E-state index in [-0.39, 0.29) is 29.9 Å². The quantitative estimate of drug-likeness (QED) is 0.336. The van der Waals surface area contributed by atoms with Gasteiger partial charge in [0, 0.05) is 19.0 Å². The Morgan fingerprint density at radius 1 is 1.21 bits per heavy atom. The summed E-state index contributed by atoms with van der Waals surface area (Å²) in [5.41, 5.74) is 10.7. The maximum atomic E-state index is 12.0. The number of carbonyl (C=O) groups excluding carboxylic acids is 2. The predicted molar refractivity (Wildman–Crippen MR) is 71.1 cm³/mol. The van der Waals surface area contributed by atoms with Crippen LogP contribution in [-0.4, -0.2) is 48.3 Å². The van der Waals surface area contributed by atoms with E-state index in [9.17, 15) is 9.59 Å². The number of hydrogen-bond acceptors (Lipinski definition) is 3. The van der Waals surface area contributed by atoms with Crippen LogP contribution < -0.4 is 16.8 Å². The van der Waals surface area contributed by atoms with Gasteiger partial charge in [-0.05, 0) is 25.7 Å². The minimum atomic E-state index is 0.0516. The molecule has 0 spiro atoms. The molecule has 0 aromatic carbocycles. The number of nitrogens with one attached hydrogen (secondary N) is 1. The Morgan fingerprint density at radius 3 is 2.37 bits per heavy atom. The van der Waals surface area contributed by atoms with Crippen LogP contribution in [0.25, 0.3) is 0 Å². The minimum Gasteiger partial charge on any atom is -0.370 e. The van der Waals surface area contributed by atoms with E-state index in [1.54, 1.807) is 4.90 Å². The van der Waals surface area contributed by atoms with E-state index < -0.39 is 0 Å². The standard InChI is InChI=1S/C12H21N5O2/c13-12(14)16-9-3-1-8(2-4-9)11(19)15-10-5-17(6-10)7-18/h7-10H,1-6H2,(H,15,19)(H4,13,14,16). The number of nitrogens with zero attached hydrogens (tertiary/aromatic N) is 2. The zero-order chi connectivity index (χ0) is 13.8. The molecule has 5 N–H and O–H groups in total. The number of amides is 2. The van der Waals surface area contributed by atoms with Crippen LogP contribution in [0, 0.1) is 5.92 Å². The summed E-state index contributed by atoms with van der Waals surface area (Å²) in [6, 6.07) is 0.274. The molecule has 0 aromatic rings. The molecule has 0 atom stereocenters. The van der Waals surface area contributed by atoms with Gasteiger partial charge in [0.15, 0.2) is 5.96 Å². The lowest BCUT2D eigenvalue weighted by Crippen LogP contribution is -2.59. The van der Waals surface area contributed by atoms with Crippen LogP contribution in [-0.2, 0) is 9.59 Å². The van der Waals surface area contributed by atoms with Crippen LogP contribution in [0.3, 0.4) is 0 Å². The molecule has 7 heteroatoms. The van der Waals surface area contributed by atoms with Crippen LogP contribution in [0.1, 0.15) is 25.7 Å². The van der Waals surface area contributed by atoms with E-state index >= 15 is 0 Å². The summed E-state index contributed by atoms with van der Waals surface area (Å²) in [5.74, 6) is 0.269. The predicted octanol–water partition coefficient (Wildman–Crippen LogP) is -1.22. The van der Waals surface area contributed by atoms with Gasteiger partial charge in [-0.2, -0.15) is 0 Å². The van der Waals surface area contributed by atoms with Crippen molar-refractivity contribution in [3.8, 4) is 0 Å². The number of guanidine groups is 1. The van der Waals surface area contributed by atoms with E-state index in [0.29, 0.717) is 13.1 Å². The van der Waals surface area contributed by atoms with E-state index in [2.05, 4.69) is 10.3 Å². The van der Waals surface area contributed by atoms with Crippen molar-refractivity contribution in [2.45, 2.75) is 37.8 Å². The van der Waals surface area contributed by atoms with E-state index in [1.165, 1.54) is 0 Å². The summed E-state index contributed by atoms with van der Waals surface area (Å²) in [6.07, 6.45) is 4.14. The normalized spacial score (nSPS) is 27.3. The summed E-state index contributed by atoms with van der Waals surface area (Å²) < 4.78 is 0. The third-order valence-corrected chi connectivity index (χ3v) is 3.80. The van der Waals surface area contributed by atoms with Gasteiger partial charge in [-0.1, -0.05) is 0 Å². The fourth-order valence-electron chi connectivity index (χ4n) is 2.69. The summed E-state index contributed by atoms with van der Waals surface area (Å²) in [6.45, 7) is 1.25. The molecule has 7 nitrogen and oxygen atoms in total. The highest BCUT2D eigenvalue weighted by Gasteiger charge is 2.31. The number of hydrogen-bond donors (Lipinski definition) is 3. The van der Waals surface area contributed by atoms with Crippen molar-refractivity contribution < 1.29 is 9.59 Å². The van der Waals surface area contributed by atoms with Crippen molar-refractivity contribution in [2.75, 3.05) is 13.1 Å². The lowest BCUT2D eigenvalue weighted by molar-refractivity contribution is -0.131. The summed E-state index contributed by atoms with van der Waals surface area (Å²) >= 11 is 0. The third-order valence-electron chi connectivity index (χ3n) is 3.80. The third kappa shape index (κ3) is 3.59. The number of likely N-dealkylation sites (tertiary alicyclic amines) is 1. The van der Waals surface area contributed by atoms with Crippen LogP contribution >= 0.6 is 0 Å². The number of nitrogens with two attached hydrogens (primary N) is 2. The molecular formula is C12H21N5O2. The molecule has 106 valence electrons. The first-order chi connectivity index (χ1) is 9.08. The van der Waals surface area contributed by atoms with Gasteiger partial charge in [-0.3, -0.25) is 14.6 Å². The first-order valence-electron chi connectivity index (χ1n) is 6.67. The molecule has 0 aromatic heterocycles. The van der Waals surface area contributed by atoms with Gasteiger partial charge >= 0.3 is 0 Å². The first-order valence-corrected chi connectivity index (χ1v) is 6.67. The van der Waals surface area contributed by atoms with E-state index in [4.69, 9.17) is 11.5 Å². The van der Waals surface area contributed by atoms with Gasteiger partial charge < -0.3 is 21.7 Å². The maximum Gasteiger partial charge on any atom is 0.223 e. The highest BCUT2D eigenvalue weighted by molar-refractivity contribution is 5.79. The molecule has 2 fully saturated rings. The molecule has 1 aliphatic carbocycles. The molecule has 2 rings (SSSR count). The first kappa shape index (κ1) is 13.6. The molecule has 1 heterocycles. The summed E-state index contributed by atoms with van der Waals surface area (Å²) in [4.78, 5) is 28.2. The molecule has 0 unspecified atom stereocenters. The number of carbonyl (C=O) groups is 2. The molecule has 1 aliphatic heterocycles. The fraction of sp³-hybridized carbons (Fsp3) is 0.750. The Bertz CT molecular complexity index is 366. The molecular weight excluding hydrogens is 246 g/mol. The van der Waals surface area contributed by atoms with Crippen LogP contribution in [0.5, 0.6) is 0 Å². The van der Waals surface area contributed by atoms with Crippen molar-refractivity contribution in [1.29, 1.82) is 0 Å². The Labute approximate surface area is 112 Å².